The number of hydrogen-bond donors (Lipinski definition) is 0. The van der Waals surface area contributed by atoms with Gasteiger partial charge in [-0.1, -0.05) is 11.6 Å². The topological polar surface area (TPSA) is 88.5 Å². The van der Waals surface area contributed by atoms with Crippen LogP contribution in [0.4, 0.5) is 0 Å². The number of hydrogen-bond acceptors (Lipinski definition) is 5. The SMILES string of the molecule is COCC1(C#N)C=C(Cl)N=C(C)C1[N+](=O)[O-]. The molecule has 0 aromatic rings. The summed E-state index contributed by atoms with van der Waals surface area (Å²) in [5.41, 5.74) is -1.18. The highest BCUT2D eigenvalue weighted by Gasteiger charge is 2.50. The normalized spacial score (nSPS) is 29.0. The minimum atomic E-state index is -1.39. The van der Waals surface area contributed by atoms with E-state index in [2.05, 4.69) is 4.99 Å². The Kier molecular flexibility index (Phi) is 3.62. The first-order valence-electron chi connectivity index (χ1n) is 4.44. The second-order valence-corrected chi connectivity index (χ2v) is 3.88. The summed E-state index contributed by atoms with van der Waals surface area (Å²) in [6.45, 7) is 1.38. The quantitative estimate of drug-likeness (QED) is 0.425. The van der Waals surface area contributed by atoms with Gasteiger partial charge in [-0.3, -0.25) is 10.1 Å². The Balaban J connectivity index is 3.28. The lowest BCUT2D eigenvalue weighted by Gasteiger charge is -2.28. The predicted octanol–water partition coefficient (Wildman–Crippen LogP) is 1.34. The Bertz CT molecular complexity index is 413. The molecule has 1 rings (SSSR count). The van der Waals surface area contributed by atoms with Crippen molar-refractivity contribution in [3.63, 3.8) is 0 Å². The highest BCUT2D eigenvalue weighted by atomic mass is 35.5. The monoisotopic (exact) mass is 243 g/mol. The van der Waals surface area contributed by atoms with Crippen molar-refractivity contribution in [1.29, 1.82) is 5.26 Å². The summed E-state index contributed by atoms with van der Waals surface area (Å²) in [7, 11) is 1.37. The van der Waals surface area contributed by atoms with Crippen LogP contribution in [0.15, 0.2) is 16.2 Å². The number of ether oxygens (including phenoxy) is 1. The van der Waals surface area contributed by atoms with Gasteiger partial charge in [0.1, 0.15) is 5.16 Å². The molecule has 0 amide bonds. The van der Waals surface area contributed by atoms with Crippen LogP contribution in [0.2, 0.25) is 0 Å². The Morgan fingerprint density at radius 3 is 2.94 bits per heavy atom. The summed E-state index contributed by atoms with van der Waals surface area (Å²) in [4.78, 5) is 14.2. The Labute approximate surface area is 97.3 Å². The van der Waals surface area contributed by atoms with E-state index in [1.165, 1.54) is 20.1 Å². The van der Waals surface area contributed by atoms with E-state index in [9.17, 15) is 10.1 Å². The largest absolute Gasteiger partial charge is 0.382 e. The molecule has 2 atom stereocenters. The zero-order valence-corrected chi connectivity index (χ0v) is 9.56. The van der Waals surface area contributed by atoms with Crippen molar-refractivity contribution in [2.24, 2.45) is 10.4 Å². The summed E-state index contributed by atoms with van der Waals surface area (Å²) in [5, 5.41) is 20.2. The second kappa shape index (κ2) is 4.60. The van der Waals surface area contributed by atoms with Gasteiger partial charge in [0.2, 0.25) is 0 Å². The Morgan fingerprint density at radius 2 is 2.50 bits per heavy atom. The number of nitro groups is 1. The molecule has 7 heteroatoms. The van der Waals surface area contributed by atoms with E-state index in [0.29, 0.717) is 0 Å². The van der Waals surface area contributed by atoms with Crippen LogP contribution in [0.5, 0.6) is 0 Å². The summed E-state index contributed by atoms with van der Waals surface area (Å²) in [5.74, 6) is 0. The summed E-state index contributed by atoms with van der Waals surface area (Å²) >= 11 is 5.72. The number of nitrogens with zero attached hydrogens (tertiary/aromatic N) is 3. The fraction of sp³-hybridized carbons (Fsp3) is 0.556. The number of aliphatic imine (C=N–C) groups is 1. The fourth-order valence-corrected chi connectivity index (χ4v) is 2.08. The first-order valence-corrected chi connectivity index (χ1v) is 4.82. The number of nitriles is 1. The fourth-order valence-electron chi connectivity index (χ4n) is 1.75. The molecule has 0 radical (unpaired) electrons. The van der Waals surface area contributed by atoms with Crippen LogP contribution in [0.1, 0.15) is 6.92 Å². The van der Waals surface area contributed by atoms with Crippen LogP contribution in [0, 0.1) is 26.9 Å². The van der Waals surface area contributed by atoms with Crippen molar-refractivity contribution in [1.82, 2.24) is 0 Å². The van der Waals surface area contributed by atoms with Crippen molar-refractivity contribution in [2.45, 2.75) is 13.0 Å². The van der Waals surface area contributed by atoms with Gasteiger partial charge in [0.25, 0.3) is 6.04 Å². The van der Waals surface area contributed by atoms with Crippen LogP contribution < -0.4 is 0 Å². The third kappa shape index (κ3) is 2.05. The molecule has 0 aliphatic carbocycles. The lowest BCUT2D eigenvalue weighted by molar-refractivity contribution is -0.516. The third-order valence-corrected chi connectivity index (χ3v) is 2.54. The third-order valence-electron chi connectivity index (χ3n) is 2.35. The molecule has 2 unspecified atom stereocenters. The van der Waals surface area contributed by atoms with E-state index in [0.717, 1.165) is 0 Å². The maximum atomic E-state index is 11.0. The molecular weight excluding hydrogens is 234 g/mol. The highest BCUT2D eigenvalue weighted by Crippen LogP contribution is 2.33. The molecule has 1 aliphatic rings. The standard InChI is InChI=1S/C9H10ClN3O3/c1-6-8(13(14)15)9(4-11,5-16-2)3-7(10)12-6/h3,8H,5H2,1-2H3. The lowest BCUT2D eigenvalue weighted by atomic mass is 9.79. The smallest absolute Gasteiger partial charge is 0.274 e. The zero-order chi connectivity index (χ0) is 12.3. The summed E-state index contributed by atoms with van der Waals surface area (Å²) in [6.07, 6.45) is 1.28. The van der Waals surface area contributed by atoms with Crippen LogP contribution in [0.3, 0.4) is 0 Å². The minimum absolute atomic E-state index is 0.0780. The zero-order valence-electron chi connectivity index (χ0n) is 8.81. The van der Waals surface area contributed by atoms with Crippen LogP contribution in [-0.2, 0) is 4.74 Å². The molecule has 0 aromatic heterocycles. The van der Waals surface area contributed by atoms with Gasteiger partial charge < -0.3 is 4.74 Å². The van der Waals surface area contributed by atoms with Gasteiger partial charge >= 0.3 is 0 Å². The van der Waals surface area contributed by atoms with Crippen LogP contribution >= 0.6 is 11.6 Å². The average molecular weight is 244 g/mol. The second-order valence-electron chi connectivity index (χ2n) is 3.49. The molecule has 1 aliphatic heterocycles. The molecule has 0 spiro atoms. The van der Waals surface area contributed by atoms with Gasteiger partial charge in [-0.05, 0) is 13.0 Å². The molecule has 0 saturated heterocycles. The molecule has 0 fully saturated rings. The first kappa shape index (κ1) is 12.6. The predicted molar refractivity (Wildman–Crippen MR) is 57.7 cm³/mol. The Hall–Kier alpha value is -1.45. The molecule has 0 saturated carbocycles. The molecule has 1 heterocycles. The van der Waals surface area contributed by atoms with E-state index < -0.39 is 16.4 Å². The van der Waals surface area contributed by atoms with Gasteiger partial charge in [0, 0.05) is 12.0 Å². The minimum Gasteiger partial charge on any atom is -0.382 e. The molecule has 0 N–H and O–H groups in total. The molecule has 6 nitrogen and oxygen atoms in total. The lowest BCUT2D eigenvalue weighted by Crippen LogP contribution is -2.47. The van der Waals surface area contributed by atoms with Crippen molar-refractivity contribution in [2.75, 3.05) is 13.7 Å². The summed E-state index contributed by atoms with van der Waals surface area (Å²) in [6, 6.07) is 0.680. The van der Waals surface area contributed by atoms with Gasteiger partial charge in [-0.2, -0.15) is 5.26 Å². The van der Waals surface area contributed by atoms with E-state index in [1.54, 1.807) is 0 Å². The molecule has 16 heavy (non-hydrogen) atoms. The molecular formula is C9H10ClN3O3. The molecule has 0 aromatic carbocycles. The first-order chi connectivity index (χ1) is 7.46. The Morgan fingerprint density at radius 1 is 1.88 bits per heavy atom. The van der Waals surface area contributed by atoms with Crippen molar-refractivity contribution in [3.8, 4) is 6.07 Å². The van der Waals surface area contributed by atoms with Gasteiger partial charge in [-0.15, -0.1) is 0 Å². The molecule has 86 valence electrons. The highest BCUT2D eigenvalue weighted by molar-refractivity contribution is 6.30. The average Bonchev–Trinajstić information content (AvgIpc) is 2.16. The van der Waals surface area contributed by atoms with Gasteiger partial charge in [-0.25, -0.2) is 4.99 Å². The van der Waals surface area contributed by atoms with Gasteiger partial charge in [0.15, 0.2) is 5.41 Å². The van der Waals surface area contributed by atoms with E-state index in [-0.39, 0.29) is 17.5 Å². The van der Waals surface area contributed by atoms with Crippen molar-refractivity contribution < 1.29 is 9.66 Å². The molecule has 0 bridgehead atoms. The summed E-state index contributed by atoms with van der Waals surface area (Å²) < 4.78 is 4.87. The van der Waals surface area contributed by atoms with E-state index >= 15 is 0 Å². The maximum absolute atomic E-state index is 11.0. The van der Waals surface area contributed by atoms with Crippen LogP contribution in [0.25, 0.3) is 0 Å². The van der Waals surface area contributed by atoms with E-state index in [1.807, 2.05) is 6.07 Å². The number of halogens is 1. The van der Waals surface area contributed by atoms with Gasteiger partial charge in [0.05, 0.1) is 18.4 Å². The number of methoxy groups -OCH3 is 1. The number of rotatable bonds is 3. The van der Waals surface area contributed by atoms with E-state index in [4.69, 9.17) is 21.6 Å². The van der Waals surface area contributed by atoms with Crippen molar-refractivity contribution >= 4 is 17.3 Å². The maximum Gasteiger partial charge on any atom is 0.274 e. The van der Waals surface area contributed by atoms with Crippen LogP contribution in [-0.4, -0.2) is 30.4 Å². The van der Waals surface area contributed by atoms with Crippen molar-refractivity contribution in [3.05, 3.63) is 21.3 Å².